The molecule has 0 bridgehead atoms. The third-order valence-electron chi connectivity index (χ3n) is 4.00. The molecule has 1 atom stereocenters. The summed E-state index contributed by atoms with van der Waals surface area (Å²) in [6, 6.07) is 7.00. The van der Waals surface area contributed by atoms with Crippen LogP contribution in [0.4, 0.5) is 0 Å². The van der Waals surface area contributed by atoms with E-state index in [4.69, 9.17) is 5.73 Å². The predicted molar refractivity (Wildman–Crippen MR) is 80.5 cm³/mol. The molecule has 1 aliphatic heterocycles. The van der Waals surface area contributed by atoms with Crippen molar-refractivity contribution in [2.75, 3.05) is 13.1 Å². The molecule has 0 amide bonds. The first-order valence-electron chi connectivity index (χ1n) is 6.79. The van der Waals surface area contributed by atoms with Gasteiger partial charge in [-0.15, -0.1) is 0 Å². The number of hydrogen-bond acceptors (Lipinski definition) is 2. The molecule has 100 valence electrons. The lowest BCUT2D eigenvalue weighted by Crippen LogP contribution is -2.39. The number of aryl methyl sites for hydroxylation is 1. The zero-order valence-corrected chi connectivity index (χ0v) is 12.9. The quantitative estimate of drug-likeness (QED) is 0.928. The van der Waals surface area contributed by atoms with Crippen LogP contribution in [0.5, 0.6) is 0 Å². The molecule has 0 aromatic heterocycles. The molecule has 3 heteroatoms. The summed E-state index contributed by atoms with van der Waals surface area (Å²) in [4.78, 5) is 2.54. The number of rotatable bonds is 3. The zero-order chi connectivity index (χ0) is 13.1. The van der Waals surface area contributed by atoms with Gasteiger partial charge in [-0.05, 0) is 62.9 Å². The first-order valence-corrected chi connectivity index (χ1v) is 7.58. The van der Waals surface area contributed by atoms with Crippen LogP contribution in [0.25, 0.3) is 0 Å². The molecule has 2 rings (SSSR count). The molecule has 0 saturated carbocycles. The van der Waals surface area contributed by atoms with Crippen molar-refractivity contribution in [3.05, 3.63) is 33.8 Å². The third-order valence-corrected chi connectivity index (χ3v) is 4.89. The van der Waals surface area contributed by atoms with Crippen molar-refractivity contribution in [1.29, 1.82) is 0 Å². The minimum Gasteiger partial charge on any atom is -0.328 e. The molecule has 2 nitrogen and oxygen atoms in total. The topological polar surface area (TPSA) is 29.3 Å². The molecule has 1 aromatic carbocycles. The van der Waals surface area contributed by atoms with Crippen molar-refractivity contribution < 1.29 is 0 Å². The SMILES string of the molecule is Cc1cc(CN2CCC(C(C)N)CC2)ccc1Br. The van der Waals surface area contributed by atoms with Gasteiger partial charge in [-0.2, -0.15) is 0 Å². The van der Waals surface area contributed by atoms with Crippen LogP contribution in [0.2, 0.25) is 0 Å². The van der Waals surface area contributed by atoms with E-state index in [9.17, 15) is 0 Å². The van der Waals surface area contributed by atoms with Crippen LogP contribution in [0.15, 0.2) is 22.7 Å². The van der Waals surface area contributed by atoms with E-state index in [0.29, 0.717) is 12.0 Å². The van der Waals surface area contributed by atoms with Crippen molar-refractivity contribution in [2.45, 2.75) is 39.3 Å². The molecule has 1 heterocycles. The Hall–Kier alpha value is -0.380. The van der Waals surface area contributed by atoms with Gasteiger partial charge in [0, 0.05) is 17.1 Å². The lowest BCUT2D eigenvalue weighted by Gasteiger charge is -2.33. The maximum atomic E-state index is 5.98. The Kier molecular flexibility index (Phi) is 4.82. The second-order valence-electron chi connectivity index (χ2n) is 5.56. The Labute approximate surface area is 119 Å². The van der Waals surface area contributed by atoms with Gasteiger partial charge in [-0.25, -0.2) is 0 Å². The Morgan fingerprint density at radius 3 is 2.61 bits per heavy atom. The zero-order valence-electron chi connectivity index (χ0n) is 11.3. The van der Waals surface area contributed by atoms with Crippen LogP contribution in [0.3, 0.4) is 0 Å². The molecule has 1 aliphatic rings. The van der Waals surface area contributed by atoms with Crippen molar-refractivity contribution in [1.82, 2.24) is 4.90 Å². The highest BCUT2D eigenvalue weighted by Gasteiger charge is 2.21. The summed E-state index contributed by atoms with van der Waals surface area (Å²) >= 11 is 3.55. The highest BCUT2D eigenvalue weighted by Crippen LogP contribution is 2.22. The van der Waals surface area contributed by atoms with Gasteiger partial charge in [0.2, 0.25) is 0 Å². The molecule has 0 aliphatic carbocycles. The summed E-state index contributed by atoms with van der Waals surface area (Å²) in [5.41, 5.74) is 8.71. The maximum absolute atomic E-state index is 5.98. The van der Waals surface area contributed by atoms with Crippen LogP contribution >= 0.6 is 15.9 Å². The van der Waals surface area contributed by atoms with E-state index in [0.717, 1.165) is 6.54 Å². The average Bonchev–Trinajstić information content (AvgIpc) is 2.34. The first-order chi connectivity index (χ1) is 8.56. The van der Waals surface area contributed by atoms with Crippen molar-refractivity contribution in [3.8, 4) is 0 Å². The van der Waals surface area contributed by atoms with E-state index < -0.39 is 0 Å². The fourth-order valence-electron chi connectivity index (χ4n) is 2.70. The molecule has 18 heavy (non-hydrogen) atoms. The fourth-order valence-corrected chi connectivity index (χ4v) is 2.95. The number of hydrogen-bond donors (Lipinski definition) is 1. The second kappa shape index (κ2) is 6.18. The highest BCUT2D eigenvalue weighted by atomic mass is 79.9. The Bertz CT molecular complexity index is 395. The number of nitrogens with two attached hydrogens (primary N) is 1. The van der Waals surface area contributed by atoms with Crippen LogP contribution in [0, 0.1) is 12.8 Å². The van der Waals surface area contributed by atoms with Gasteiger partial charge in [0.15, 0.2) is 0 Å². The van der Waals surface area contributed by atoms with Crippen molar-refractivity contribution in [2.24, 2.45) is 11.7 Å². The van der Waals surface area contributed by atoms with Crippen molar-refractivity contribution >= 4 is 15.9 Å². The lowest BCUT2D eigenvalue weighted by molar-refractivity contribution is 0.165. The summed E-state index contributed by atoms with van der Waals surface area (Å²) in [7, 11) is 0. The van der Waals surface area contributed by atoms with E-state index >= 15 is 0 Å². The van der Waals surface area contributed by atoms with Gasteiger partial charge in [-0.3, -0.25) is 4.90 Å². The molecule has 1 aromatic rings. The van der Waals surface area contributed by atoms with Crippen molar-refractivity contribution in [3.63, 3.8) is 0 Å². The second-order valence-corrected chi connectivity index (χ2v) is 6.41. The molecule has 0 radical (unpaired) electrons. The summed E-state index contributed by atoms with van der Waals surface area (Å²) in [5.74, 6) is 0.716. The average molecular weight is 311 g/mol. The van der Waals surface area contributed by atoms with E-state index in [-0.39, 0.29) is 0 Å². The van der Waals surface area contributed by atoms with Crippen LogP contribution in [-0.2, 0) is 6.54 Å². The molecule has 0 spiro atoms. The Balaban J connectivity index is 1.89. The Morgan fingerprint density at radius 1 is 1.39 bits per heavy atom. The van der Waals surface area contributed by atoms with Crippen LogP contribution < -0.4 is 5.73 Å². The van der Waals surface area contributed by atoms with Gasteiger partial charge in [0.05, 0.1) is 0 Å². The monoisotopic (exact) mass is 310 g/mol. The number of likely N-dealkylation sites (tertiary alicyclic amines) is 1. The summed E-state index contributed by atoms with van der Waals surface area (Å²) in [6.07, 6.45) is 2.49. The standard InChI is InChI=1S/C15H23BrN2/c1-11-9-13(3-4-15(11)16)10-18-7-5-14(6-8-18)12(2)17/h3-4,9,12,14H,5-8,10,17H2,1-2H3. The van der Waals surface area contributed by atoms with Gasteiger partial charge >= 0.3 is 0 Å². The van der Waals surface area contributed by atoms with E-state index in [1.807, 2.05) is 0 Å². The number of benzene rings is 1. The number of piperidine rings is 1. The molecule has 2 N–H and O–H groups in total. The number of nitrogens with zero attached hydrogens (tertiary/aromatic N) is 1. The normalized spacial score (nSPS) is 20.0. The minimum atomic E-state index is 0.349. The smallest absolute Gasteiger partial charge is 0.0233 e. The van der Waals surface area contributed by atoms with E-state index in [2.05, 4.69) is 52.9 Å². The molecule has 1 unspecified atom stereocenters. The first kappa shape index (κ1) is 14.0. The highest BCUT2D eigenvalue weighted by molar-refractivity contribution is 9.10. The van der Waals surface area contributed by atoms with Crippen LogP contribution in [0.1, 0.15) is 30.9 Å². The van der Waals surface area contributed by atoms with Gasteiger partial charge in [0.25, 0.3) is 0 Å². The molecular weight excluding hydrogens is 288 g/mol. The van der Waals surface area contributed by atoms with Crippen LogP contribution in [-0.4, -0.2) is 24.0 Å². The van der Waals surface area contributed by atoms with E-state index in [1.165, 1.54) is 41.5 Å². The van der Waals surface area contributed by atoms with Gasteiger partial charge < -0.3 is 5.73 Å². The molecular formula is C15H23BrN2. The maximum Gasteiger partial charge on any atom is 0.0233 e. The fraction of sp³-hybridized carbons (Fsp3) is 0.600. The van der Waals surface area contributed by atoms with E-state index in [1.54, 1.807) is 0 Å². The predicted octanol–water partition coefficient (Wildman–Crippen LogP) is 3.32. The minimum absolute atomic E-state index is 0.349. The third kappa shape index (κ3) is 3.56. The number of halogens is 1. The largest absolute Gasteiger partial charge is 0.328 e. The molecule has 1 saturated heterocycles. The van der Waals surface area contributed by atoms with Gasteiger partial charge in [-0.1, -0.05) is 28.1 Å². The lowest BCUT2D eigenvalue weighted by atomic mass is 9.91. The summed E-state index contributed by atoms with van der Waals surface area (Å²) < 4.78 is 1.20. The molecule has 1 fully saturated rings. The summed E-state index contributed by atoms with van der Waals surface area (Å²) in [5, 5.41) is 0. The van der Waals surface area contributed by atoms with Gasteiger partial charge in [0.1, 0.15) is 0 Å². The summed E-state index contributed by atoms with van der Waals surface area (Å²) in [6.45, 7) is 7.72. The Morgan fingerprint density at radius 2 is 2.06 bits per heavy atom.